The molecule has 104 valence electrons. The van der Waals surface area contributed by atoms with Gasteiger partial charge in [0, 0.05) is 5.02 Å². The van der Waals surface area contributed by atoms with Crippen molar-refractivity contribution < 1.29 is 14.6 Å². The van der Waals surface area contributed by atoms with Gasteiger partial charge >= 0.3 is 6.09 Å². The first kappa shape index (κ1) is 14.6. The molecule has 2 rings (SSSR count). The van der Waals surface area contributed by atoms with Crippen LogP contribution < -0.4 is 9.04 Å². The number of rotatable bonds is 2. The number of halogens is 1. The van der Waals surface area contributed by atoms with Gasteiger partial charge in [0.1, 0.15) is 0 Å². The second-order valence-corrected chi connectivity index (χ2v) is 4.91. The van der Waals surface area contributed by atoms with E-state index >= 15 is 0 Å². The summed E-state index contributed by atoms with van der Waals surface area (Å²) in [6.07, 6.45) is -0.722. The number of benzene rings is 2. The highest BCUT2D eigenvalue weighted by atomic mass is 35.5. The van der Waals surface area contributed by atoms with Gasteiger partial charge in [-0.25, -0.2) is 9.10 Å². The lowest BCUT2D eigenvalue weighted by molar-refractivity contribution is 0.210. The Morgan fingerprint density at radius 3 is 2.65 bits per heavy atom. The van der Waals surface area contributed by atoms with Crippen molar-refractivity contribution in [2.75, 3.05) is 4.31 Å². The third kappa shape index (κ3) is 3.18. The first-order valence-corrected chi connectivity index (χ1v) is 6.52. The van der Waals surface area contributed by atoms with Crippen LogP contribution in [0.5, 0.6) is 11.5 Å². The van der Waals surface area contributed by atoms with Crippen LogP contribution in [0.1, 0.15) is 5.56 Å². The maximum Gasteiger partial charge on any atom is 0.430 e. The fraction of sp³-hybridized carbons (Fsp3) is 0.0714. The van der Waals surface area contributed by atoms with Crippen LogP contribution in [0.15, 0.2) is 42.5 Å². The monoisotopic (exact) mass is 309 g/mol. The summed E-state index contributed by atoms with van der Waals surface area (Å²) < 4.78 is 6.13. The molecule has 0 aromatic heterocycles. The number of thiol groups is 1. The van der Waals surface area contributed by atoms with Gasteiger partial charge in [-0.05, 0) is 42.8 Å². The summed E-state index contributed by atoms with van der Waals surface area (Å²) in [5.41, 5.74) is 1.33. The van der Waals surface area contributed by atoms with Crippen molar-refractivity contribution >= 4 is 36.2 Å². The highest BCUT2D eigenvalue weighted by Gasteiger charge is 2.18. The molecule has 0 saturated carbocycles. The third-order valence-electron chi connectivity index (χ3n) is 2.62. The quantitative estimate of drug-likeness (QED) is 0.817. The molecule has 2 aromatic rings. The van der Waals surface area contributed by atoms with Crippen LogP contribution in [0.3, 0.4) is 0 Å². The SMILES string of the molecule is Cc1cc(Cl)ccc1N(S)C(=O)Oc1ccccc1O. The molecule has 0 aliphatic rings. The summed E-state index contributed by atoms with van der Waals surface area (Å²) in [6.45, 7) is 1.80. The predicted molar refractivity (Wildman–Crippen MR) is 81.8 cm³/mol. The molecule has 0 saturated heterocycles. The van der Waals surface area contributed by atoms with Gasteiger partial charge in [-0.15, -0.1) is 0 Å². The molecule has 0 unspecified atom stereocenters. The van der Waals surface area contributed by atoms with E-state index in [1.807, 2.05) is 0 Å². The Hall–Kier alpha value is -1.85. The number of para-hydroxylation sites is 2. The lowest BCUT2D eigenvalue weighted by Crippen LogP contribution is -2.25. The number of anilines is 1. The van der Waals surface area contributed by atoms with E-state index in [9.17, 15) is 9.90 Å². The number of amides is 1. The maximum atomic E-state index is 12.0. The summed E-state index contributed by atoms with van der Waals surface area (Å²) in [7, 11) is 0. The highest BCUT2D eigenvalue weighted by Crippen LogP contribution is 2.28. The number of aromatic hydroxyl groups is 1. The van der Waals surface area contributed by atoms with E-state index in [-0.39, 0.29) is 11.5 Å². The molecule has 0 radical (unpaired) electrons. The standard InChI is InChI=1S/C14H12ClNO3S/c1-9-8-10(15)6-7-11(9)16(20)14(18)19-13-5-3-2-4-12(13)17/h2-8,17,20H,1H3. The van der Waals surface area contributed by atoms with E-state index in [1.165, 1.54) is 12.1 Å². The van der Waals surface area contributed by atoms with Gasteiger partial charge in [0.2, 0.25) is 0 Å². The number of ether oxygens (including phenoxy) is 1. The van der Waals surface area contributed by atoms with Crippen LogP contribution in [0.25, 0.3) is 0 Å². The number of phenols is 1. The Bertz CT molecular complexity index is 648. The van der Waals surface area contributed by atoms with Crippen LogP contribution in [-0.4, -0.2) is 11.2 Å². The van der Waals surface area contributed by atoms with Gasteiger partial charge in [-0.1, -0.05) is 36.5 Å². The number of carbonyl (C=O) groups excluding carboxylic acids is 1. The summed E-state index contributed by atoms with van der Waals surface area (Å²) in [4.78, 5) is 12.0. The van der Waals surface area contributed by atoms with Gasteiger partial charge in [0.05, 0.1) is 5.69 Å². The summed E-state index contributed by atoms with van der Waals surface area (Å²) in [5, 5.41) is 10.1. The molecule has 4 nitrogen and oxygen atoms in total. The van der Waals surface area contributed by atoms with Crippen molar-refractivity contribution in [2.45, 2.75) is 6.92 Å². The van der Waals surface area contributed by atoms with Crippen LogP contribution in [0.2, 0.25) is 5.02 Å². The van der Waals surface area contributed by atoms with Crippen molar-refractivity contribution in [1.82, 2.24) is 0 Å². The number of phenolic OH excluding ortho intramolecular Hbond substituents is 1. The van der Waals surface area contributed by atoms with Gasteiger partial charge in [0.15, 0.2) is 11.5 Å². The first-order chi connectivity index (χ1) is 9.49. The topological polar surface area (TPSA) is 49.8 Å². The second-order valence-electron chi connectivity index (χ2n) is 4.08. The third-order valence-corrected chi connectivity index (χ3v) is 3.24. The molecule has 0 fully saturated rings. The normalized spacial score (nSPS) is 10.2. The average molecular weight is 310 g/mol. The molecule has 2 aromatic carbocycles. The Morgan fingerprint density at radius 1 is 1.30 bits per heavy atom. The van der Waals surface area contributed by atoms with E-state index in [4.69, 9.17) is 16.3 Å². The van der Waals surface area contributed by atoms with Gasteiger partial charge in [0.25, 0.3) is 0 Å². The summed E-state index contributed by atoms with van der Waals surface area (Å²) in [5.74, 6) is -0.0430. The molecule has 0 atom stereocenters. The summed E-state index contributed by atoms with van der Waals surface area (Å²) >= 11 is 9.98. The van der Waals surface area contributed by atoms with Crippen LogP contribution in [0, 0.1) is 6.92 Å². The van der Waals surface area contributed by atoms with E-state index in [0.29, 0.717) is 10.7 Å². The predicted octanol–water partition coefficient (Wildman–Crippen LogP) is 4.20. The molecule has 0 aliphatic heterocycles. The first-order valence-electron chi connectivity index (χ1n) is 5.74. The van der Waals surface area contributed by atoms with Crippen molar-refractivity contribution in [1.29, 1.82) is 0 Å². The molecule has 1 N–H and O–H groups in total. The Kier molecular flexibility index (Phi) is 4.42. The second kappa shape index (κ2) is 6.07. The van der Waals surface area contributed by atoms with Crippen LogP contribution in [-0.2, 0) is 0 Å². The zero-order valence-corrected chi connectivity index (χ0v) is 12.2. The minimum atomic E-state index is -0.722. The van der Waals surface area contributed by atoms with Crippen molar-refractivity contribution in [2.24, 2.45) is 0 Å². The van der Waals surface area contributed by atoms with E-state index in [0.717, 1.165) is 9.87 Å². The maximum absolute atomic E-state index is 12.0. The molecule has 0 bridgehead atoms. The fourth-order valence-electron chi connectivity index (χ4n) is 1.64. The lowest BCUT2D eigenvalue weighted by Gasteiger charge is -2.17. The number of hydrogen-bond donors (Lipinski definition) is 2. The molecule has 20 heavy (non-hydrogen) atoms. The molecular weight excluding hydrogens is 298 g/mol. The Balaban J connectivity index is 2.19. The Labute approximate surface area is 127 Å². The average Bonchev–Trinajstić information content (AvgIpc) is 2.40. The molecule has 0 aliphatic carbocycles. The van der Waals surface area contributed by atoms with Gasteiger partial charge in [-0.2, -0.15) is 0 Å². The number of carbonyl (C=O) groups is 1. The van der Waals surface area contributed by atoms with E-state index in [2.05, 4.69) is 12.8 Å². The zero-order valence-electron chi connectivity index (χ0n) is 10.6. The number of hydrogen-bond acceptors (Lipinski definition) is 4. The van der Waals surface area contributed by atoms with Crippen molar-refractivity contribution in [3.05, 3.63) is 53.1 Å². The molecule has 0 spiro atoms. The fourth-order valence-corrected chi connectivity index (χ4v) is 2.13. The summed E-state index contributed by atoms with van der Waals surface area (Å²) in [6, 6.07) is 11.2. The van der Waals surface area contributed by atoms with Crippen LogP contribution >= 0.6 is 24.4 Å². The van der Waals surface area contributed by atoms with Gasteiger partial charge in [-0.3, -0.25) is 0 Å². The van der Waals surface area contributed by atoms with Gasteiger partial charge < -0.3 is 9.84 Å². The van der Waals surface area contributed by atoms with Crippen molar-refractivity contribution in [3.63, 3.8) is 0 Å². The Morgan fingerprint density at radius 2 is 2.00 bits per heavy atom. The molecular formula is C14H12ClNO3S. The molecule has 1 amide bonds. The minimum Gasteiger partial charge on any atom is -0.504 e. The smallest absolute Gasteiger partial charge is 0.430 e. The molecule has 0 heterocycles. The van der Waals surface area contributed by atoms with Crippen molar-refractivity contribution in [3.8, 4) is 11.5 Å². The van der Waals surface area contributed by atoms with E-state index in [1.54, 1.807) is 37.3 Å². The highest BCUT2D eigenvalue weighted by molar-refractivity contribution is 7.82. The lowest BCUT2D eigenvalue weighted by atomic mass is 10.2. The zero-order chi connectivity index (χ0) is 14.7. The molecule has 6 heteroatoms. The number of nitrogens with zero attached hydrogens (tertiary/aromatic N) is 1. The van der Waals surface area contributed by atoms with E-state index < -0.39 is 6.09 Å². The minimum absolute atomic E-state index is 0.0724. The largest absolute Gasteiger partial charge is 0.504 e. The van der Waals surface area contributed by atoms with Crippen LogP contribution in [0.4, 0.5) is 10.5 Å². The number of aryl methyl sites for hydroxylation is 1.